The van der Waals surface area contributed by atoms with E-state index in [-0.39, 0.29) is 6.42 Å². The number of anilines is 1. The average Bonchev–Trinajstić information content (AvgIpc) is 2.28. The predicted molar refractivity (Wildman–Crippen MR) is 70.9 cm³/mol. The standard InChI is InChI=1S/C13H18ClNO2/c1-3-15(9-5-8-13(16)17)12-7-4-6-11(14)10(12)2/h4,6-7H,3,5,8-9H2,1-2H3,(H,16,17). The average molecular weight is 256 g/mol. The first-order valence-corrected chi connectivity index (χ1v) is 6.16. The molecule has 0 bridgehead atoms. The fraction of sp³-hybridized carbons (Fsp3) is 0.462. The van der Waals surface area contributed by atoms with Crippen LogP contribution in [0.2, 0.25) is 5.02 Å². The van der Waals surface area contributed by atoms with Crippen LogP contribution in [0, 0.1) is 6.92 Å². The van der Waals surface area contributed by atoms with E-state index in [0.29, 0.717) is 6.42 Å². The summed E-state index contributed by atoms with van der Waals surface area (Å²) in [6.07, 6.45) is 0.852. The third kappa shape index (κ3) is 3.93. The zero-order valence-electron chi connectivity index (χ0n) is 10.2. The SMILES string of the molecule is CCN(CCCC(=O)O)c1cccc(Cl)c1C. The van der Waals surface area contributed by atoms with Crippen molar-refractivity contribution in [2.24, 2.45) is 0 Å². The van der Waals surface area contributed by atoms with E-state index in [1.165, 1.54) is 0 Å². The van der Waals surface area contributed by atoms with E-state index < -0.39 is 5.97 Å². The van der Waals surface area contributed by atoms with Crippen LogP contribution in [0.15, 0.2) is 18.2 Å². The van der Waals surface area contributed by atoms with E-state index in [2.05, 4.69) is 11.8 Å². The number of benzene rings is 1. The number of nitrogens with zero attached hydrogens (tertiary/aromatic N) is 1. The Bertz CT molecular complexity index is 393. The number of halogens is 1. The lowest BCUT2D eigenvalue weighted by molar-refractivity contribution is -0.137. The van der Waals surface area contributed by atoms with E-state index in [1.807, 2.05) is 25.1 Å². The largest absolute Gasteiger partial charge is 0.481 e. The summed E-state index contributed by atoms with van der Waals surface area (Å²) in [4.78, 5) is 12.6. The van der Waals surface area contributed by atoms with E-state index in [0.717, 1.165) is 29.4 Å². The zero-order chi connectivity index (χ0) is 12.8. The maximum Gasteiger partial charge on any atom is 0.303 e. The molecule has 3 nitrogen and oxygen atoms in total. The summed E-state index contributed by atoms with van der Waals surface area (Å²) >= 11 is 6.08. The van der Waals surface area contributed by atoms with Gasteiger partial charge in [0.15, 0.2) is 0 Å². The Kier molecular flexibility index (Phi) is 5.29. The van der Waals surface area contributed by atoms with Crippen molar-refractivity contribution in [3.05, 3.63) is 28.8 Å². The fourth-order valence-corrected chi connectivity index (χ4v) is 1.98. The van der Waals surface area contributed by atoms with Gasteiger partial charge in [0.25, 0.3) is 0 Å². The highest BCUT2D eigenvalue weighted by Gasteiger charge is 2.09. The van der Waals surface area contributed by atoms with E-state index in [1.54, 1.807) is 0 Å². The normalized spacial score (nSPS) is 10.3. The van der Waals surface area contributed by atoms with E-state index in [9.17, 15) is 4.79 Å². The Morgan fingerprint density at radius 2 is 2.18 bits per heavy atom. The Morgan fingerprint density at radius 1 is 1.47 bits per heavy atom. The molecule has 1 rings (SSSR count). The van der Waals surface area contributed by atoms with Crippen LogP contribution in [-0.2, 0) is 4.79 Å². The molecule has 0 saturated heterocycles. The van der Waals surface area contributed by atoms with Crippen LogP contribution in [0.4, 0.5) is 5.69 Å². The van der Waals surface area contributed by atoms with Crippen molar-refractivity contribution >= 4 is 23.3 Å². The topological polar surface area (TPSA) is 40.5 Å². The molecule has 0 aliphatic carbocycles. The van der Waals surface area contributed by atoms with Crippen LogP contribution in [0.1, 0.15) is 25.3 Å². The molecule has 0 saturated carbocycles. The van der Waals surface area contributed by atoms with Crippen LogP contribution in [0.5, 0.6) is 0 Å². The van der Waals surface area contributed by atoms with E-state index >= 15 is 0 Å². The number of carboxylic acid groups (broad SMARTS) is 1. The molecule has 0 fully saturated rings. The van der Waals surface area contributed by atoms with Crippen LogP contribution >= 0.6 is 11.6 Å². The van der Waals surface area contributed by atoms with Crippen LogP contribution < -0.4 is 4.90 Å². The number of rotatable bonds is 6. The fourth-order valence-electron chi connectivity index (χ4n) is 1.81. The summed E-state index contributed by atoms with van der Waals surface area (Å²) in [5, 5.41) is 9.38. The molecule has 0 aromatic heterocycles. The monoisotopic (exact) mass is 255 g/mol. The van der Waals surface area contributed by atoms with Crippen molar-refractivity contribution < 1.29 is 9.90 Å². The molecule has 0 unspecified atom stereocenters. The van der Waals surface area contributed by atoms with Gasteiger partial charge in [0, 0.05) is 30.2 Å². The van der Waals surface area contributed by atoms with Gasteiger partial charge in [0.2, 0.25) is 0 Å². The van der Waals surface area contributed by atoms with Crippen molar-refractivity contribution in [1.29, 1.82) is 0 Å². The molecule has 0 spiro atoms. The van der Waals surface area contributed by atoms with Gasteiger partial charge in [-0.25, -0.2) is 0 Å². The van der Waals surface area contributed by atoms with Gasteiger partial charge in [-0.05, 0) is 38.0 Å². The Balaban J connectivity index is 2.72. The Labute approximate surface area is 107 Å². The van der Waals surface area contributed by atoms with Gasteiger partial charge < -0.3 is 10.0 Å². The Morgan fingerprint density at radius 3 is 2.76 bits per heavy atom. The summed E-state index contributed by atoms with van der Waals surface area (Å²) in [5.41, 5.74) is 2.14. The third-order valence-electron chi connectivity index (χ3n) is 2.78. The highest BCUT2D eigenvalue weighted by atomic mass is 35.5. The summed E-state index contributed by atoms with van der Waals surface area (Å²) in [6.45, 7) is 5.63. The third-order valence-corrected chi connectivity index (χ3v) is 3.19. The molecule has 0 aliphatic heterocycles. The zero-order valence-corrected chi connectivity index (χ0v) is 11.0. The minimum atomic E-state index is -0.746. The van der Waals surface area contributed by atoms with Gasteiger partial charge in [-0.2, -0.15) is 0 Å². The second kappa shape index (κ2) is 6.50. The second-order valence-electron chi connectivity index (χ2n) is 3.96. The lowest BCUT2D eigenvalue weighted by Gasteiger charge is -2.25. The lowest BCUT2D eigenvalue weighted by Crippen LogP contribution is -2.25. The molecule has 0 heterocycles. The molecule has 1 aromatic rings. The summed E-state index contributed by atoms with van der Waals surface area (Å²) in [7, 11) is 0. The molecule has 1 aromatic carbocycles. The highest BCUT2D eigenvalue weighted by molar-refractivity contribution is 6.31. The molecule has 1 N–H and O–H groups in total. The lowest BCUT2D eigenvalue weighted by atomic mass is 10.1. The Hall–Kier alpha value is -1.22. The first-order chi connectivity index (χ1) is 8.06. The van der Waals surface area contributed by atoms with Gasteiger partial charge in [0.1, 0.15) is 0 Å². The van der Waals surface area contributed by atoms with Crippen molar-refractivity contribution in [2.45, 2.75) is 26.7 Å². The van der Waals surface area contributed by atoms with Gasteiger partial charge in [-0.1, -0.05) is 17.7 Å². The number of carboxylic acids is 1. The van der Waals surface area contributed by atoms with Crippen molar-refractivity contribution in [2.75, 3.05) is 18.0 Å². The van der Waals surface area contributed by atoms with Crippen LogP contribution in [0.25, 0.3) is 0 Å². The molecule has 0 atom stereocenters. The summed E-state index contributed by atoms with van der Waals surface area (Å²) in [6, 6.07) is 5.81. The van der Waals surface area contributed by atoms with Gasteiger partial charge in [-0.3, -0.25) is 4.79 Å². The second-order valence-corrected chi connectivity index (χ2v) is 4.37. The van der Waals surface area contributed by atoms with Gasteiger partial charge in [-0.15, -0.1) is 0 Å². The van der Waals surface area contributed by atoms with Gasteiger partial charge >= 0.3 is 5.97 Å². The number of hydrogen-bond donors (Lipinski definition) is 1. The molecule has 0 amide bonds. The molecule has 4 heteroatoms. The first kappa shape index (κ1) is 13.8. The van der Waals surface area contributed by atoms with Crippen molar-refractivity contribution in [3.63, 3.8) is 0 Å². The molecular formula is C13H18ClNO2. The molecular weight excluding hydrogens is 238 g/mol. The quantitative estimate of drug-likeness (QED) is 0.848. The number of carbonyl (C=O) groups is 1. The maximum absolute atomic E-state index is 10.5. The number of aliphatic carboxylic acids is 1. The van der Waals surface area contributed by atoms with Crippen LogP contribution in [-0.4, -0.2) is 24.2 Å². The smallest absolute Gasteiger partial charge is 0.303 e. The highest BCUT2D eigenvalue weighted by Crippen LogP contribution is 2.26. The van der Waals surface area contributed by atoms with Crippen LogP contribution in [0.3, 0.4) is 0 Å². The summed E-state index contributed by atoms with van der Waals surface area (Å²) in [5.74, 6) is -0.746. The summed E-state index contributed by atoms with van der Waals surface area (Å²) < 4.78 is 0. The first-order valence-electron chi connectivity index (χ1n) is 5.78. The minimum absolute atomic E-state index is 0.204. The van der Waals surface area contributed by atoms with Crippen molar-refractivity contribution in [3.8, 4) is 0 Å². The minimum Gasteiger partial charge on any atom is -0.481 e. The molecule has 17 heavy (non-hydrogen) atoms. The molecule has 94 valence electrons. The predicted octanol–water partition coefficient (Wildman–Crippen LogP) is 3.34. The maximum atomic E-state index is 10.5. The van der Waals surface area contributed by atoms with E-state index in [4.69, 9.17) is 16.7 Å². The van der Waals surface area contributed by atoms with Gasteiger partial charge in [0.05, 0.1) is 0 Å². The molecule has 0 aliphatic rings. The molecule has 0 radical (unpaired) electrons. The number of hydrogen-bond acceptors (Lipinski definition) is 2. The van der Waals surface area contributed by atoms with Crippen molar-refractivity contribution in [1.82, 2.24) is 0 Å².